The Hall–Kier alpha value is -0.340. The molecule has 2 fully saturated rings. The van der Waals surface area contributed by atoms with Crippen LogP contribution in [0.15, 0.2) is 21.5 Å². The lowest BCUT2D eigenvalue weighted by Gasteiger charge is -2.20. The molecule has 0 aliphatic carbocycles. The third-order valence-electron chi connectivity index (χ3n) is 4.15. The molecule has 5 nitrogen and oxygen atoms in total. The van der Waals surface area contributed by atoms with Crippen LogP contribution < -0.4 is 10.1 Å². The van der Waals surface area contributed by atoms with Gasteiger partial charge in [-0.3, -0.25) is 0 Å². The fraction of sp³-hybridized carbons (Fsp3) is 0.538. The van der Waals surface area contributed by atoms with Gasteiger partial charge in [0.15, 0.2) is 5.75 Å². The quantitative estimate of drug-likeness (QED) is 0.850. The Kier molecular flexibility index (Phi) is 4.22. The van der Waals surface area contributed by atoms with Gasteiger partial charge in [0.1, 0.15) is 4.90 Å². The maximum Gasteiger partial charge on any atom is 0.246 e. The van der Waals surface area contributed by atoms with E-state index in [9.17, 15) is 8.42 Å². The highest BCUT2D eigenvalue weighted by Gasteiger charge is 2.42. The Morgan fingerprint density at radius 3 is 2.52 bits per heavy atom. The minimum Gasteiger partial charge on any atom is -0.494 e. The molecule has 2 atom stereocenters. The summed E-state index contributed by atoms with van der Waals surface area (Å²) < 4.78 is 33.1. The normalized spacial score (nSPS) is 26.0. The maximum atomic E-state index is 12.9. The number of rotatable bonds is 3. The summed E-state index contributed by atoms with van der Waals surface area (Å²) in [6, 6.07) is 3.08. The molecule has 0 amide bonds. The first-order chi connectivity index (χ1) is 9.93. The second kappa shape index (κ2) is 5.70. The molecule has 2 aliphatic heterocycles. The lowest BCUT2D eigenvalue weighted by Crippen LogP contribution is -2.32. The van der Waals surface area contributed by atoms with Crippen LogP contribution in [-0.2, 0) is 10.0 Å². The van der Waals surface area contributed by atoms with Gasteiger partial charge in [-0.2, -0.15) is 4.31 Å². The van der Waals surface area contributed by atoms with Gasteiger partial charge in [-0.15, -0.1) is 0 Å². The predicted octanol–water partition coefficient (Wildman–Crippen LogP) is 1.95. The van der Waals surface area contributed by atoms with Crippen LogP contribution in [0.25, 0.3) is 0 Å². The summed E-state index contributed by atoms with van der Waals surface area (Å²) in [6.07, 6.45) is 0. The van der Waals surface area contributed by atoms with E-state index < -0.39 is 10.0 Å². The number of hydrogen-bond donors (Lipinski definition) is 1. The van der Waals surface area contributed by atoms with E-state index in [1.54, 1.807) is 10.4 Å². The fourth-order valence-corrected chi connectivity index (χ4v) is 6.00. The Bertz CT molecular complexity index is 656. The molecule has 1 aromatic rings. The van der Waals surface area contributed by atoms with Gasteiger partial charge in [-0.05, 0) is 53.0 Å². The minimum absolute atomic E-state index is 0.123. The number of fused-ring (bicyclic) bond motifs is 1. The van der Waals surface area contributed by atoms with Gasteiger partial charge in [-0.25, -0.2) is 8.42 Å². The van der Waals surface area contributed by atoms with Crippen molar-refractivity contribution in [2.75, 3.05) is 33.3 Å². The second-order valence-electron chi connectivity index (χ2n) is 5.42. The summed E-state index contributed by atoms with van der Waals surface area (Å²) in [5.41, 5.74) is 0. The molecule has 0 spiro atoms. The molecule has 2 heterocycles. The van der Waals surface area contributed by atoms with Crippen molar-refractivity contribution in [3.05, 3.63) is 21.6 Å². The van der Waals surface area contributed by atoms with Crippen molar-refractivity contribution in [3.8, 4) is 5.75 Å². The second-order valence-corrected chi connectivity index (χ2v) is 8.62. The monoisotopic (exact) mass is 394 g/mol. The summed E-state index contributed by atoms with van der Waals surface area (Å²) in [7, 11) is -2.15. The highest BCUT2D eigenvalue weighted by molar-refractivity contribution is 9.10. The third-order valence-corrected chi connectivity index (χ3v) is 6.80. The number of sulfonamides is 1. The minimum atomic E-state index is -3.60. The summed E-state index contributed by atoms with van der Waals surface area (Å²) in [5, 5.41) is 3.67. The molecule has 2 aliphatic rings. The van der Waals surface area contributed by atoms with Crippen molar-refractivity contribution in [2.45, 2.75) is 4.90 Å². The van der Waals surface area contributed by atoms with Gasteiger partial charge in [-0.1, -0.05) is 11.6 Å². The van der Waals surface area contributed by atoms with E-state index in [4.69, 9.17) is 16.3 Å². The van der Waals surface area contributed by atoms with Crippen LogP contribution in [0.1, 0.15) is 0 Å². The van der Waals surface area contributed by atoms with Crippen LogP contribution in [0.4, 0.5) is 0 Å². The van der Waals surface area contributed by atoms with Crippen molar-refractivity contribution >= 4 is 37.6 Å². The first-order valence-corrected chi connectivity index (χ1v) is 9.28. The molecular weight excluding hydrogens is 380 g/mol. The van der Waals surface area contributed by atoms with Crippen molar-refractivity contribution < 1.29 is 13.2 Å². The van der Waals surface area contributed by atoms with E-state index in [2.05, 4.69) is 21.2 Å². The molecule has 3 rings (SSSR count). The van der Waals surface area contributed by atoms with Gasteiger partial charge in [0.2, 0.25) is 10.0 Å². The lowest BCUT2D eigenvalue weighted by atomic mass is 10.0. The summed E-state index contributed by atoms with van der Waals surface area (Å²) in [5.74, 6) is 1.09. The predicted molar refractivity (Wildman–Crippen MR) is 84.3 cm³/mol. The van der Waals surface area contributed by atoms with Crippen LogP contribution >= 0.6 is 27.5 Å². The van der Waals surface area contributed by atoms with E-state index >= 15 is 0 Å². The number of halogens is 2. The fourth-order valence-electron chi connectivity index (χ4n) is 3.07. The van der Waals surface area contributed by atoms with E-state index in [1.165, 1.54) is 13.2 Å². The molecule has 21 heavy (non-hydrogen) atoms. The van der Waals surface area contributed by atoms with Crippen LogP contribution in [0.5, 0.6) is 5.75 Å². The largest absolute Gasteiger partial charge is 0.494 e. The Balaban J connectivity index is 1.99. The zero-order valence-corrected chi connectivity index (χ0v) is 14.6. The van der Waals surface area contributed by atoms with E-state index in [0.717, 1.165) is 13.1 Å². The SMILES string of the molecule is COc1c(Br)cc(Cl)cc1S(=O)(=O)N1CC2CNCC2C1. The molecule has 0 radical (unpaired) electrons. The molecule has 0 bridgehead atoms. The van der Waals surface area contributed by atoms with E-state index in [0.29, 0.717) is 40.2 Å². The number of nitrogens with zero attached hydrogens (tertiary/aromatic N) is 1. The van der Waals surface area contributed by atoms with Crippen molar-refractivity contribution in [1.29, 1.82) is 0 Å². The summed E-state index contributed by atoms with van der Waals surface area (Å²) in [4.78, 5) is 0.123. The Morgan fingerprint density at radius 1 is 1.33 bits per heavy atom. The molecule has 0 aromatic heterocycles. The number of nitrogens with one attached hydrogen (secondary N) is 1. The molecule has 1 aromatic carbocycles. The van der Waals surface area contributed by atoms with Crippen molar-refractivity contribution in [3.63, 3.8) is 0 Å². The summed E-state index contributed by atoms with van der Waals surface area (Å²) >= 11 is 9.31. The number of hydrogen-bond acceptors (Lipinski definition) is 4. The van der Waals surface area contributed by atoms with Gasteiger partial charge in [0.25, 0.3) is 0 Å². The van der Waals surface area contributed by atoms with E-state index in [-0.39, 0.29) is 4.90 Å². The maximum absolute atomic E-state index is 12.9. The third kappa shape index (κ3) is 2.70. The Morgan fingerprint density at radius 2 is 1.95 bits per heavy atom. The zero-order valence-electron chi connectivity index (χ0n) is 11.5. The van der Waals surface area contributed by atoms with Crippen molar-refractivity contribution in [2.24, 2.45) is 11.8 Å². The highest BCUT2D eigenvalue weighted by atomic mass is 79.9. The highest BCUT2D eigenvalue weighted by Crippen LogP contribution is 2.39. The molecular formula is C13H16BrClN2O3S. The summed E-state index contributed by atoms with van der Waals surface area (Å²) in [6.45, 7) is 2.86. The smallest absolute Gasteiger partial charge is 0.246 e. The van der Waals surface area contributed by atoms with Crippen LogP contribution in [0.3, 0.4) is 0 Å². The van der Waals surface area contributed by atoms with Gasteiger partial charge >= 0.3 is 0 Å². The number of benzene rings is 1. The first-order valence-electron chi connectivity index (χ1n) is 6.67. The lowest BCUT2D eigenvalue weighted by molar-refractivity contribution is 0.393. The van der Waals surface area contributed by atoms with Gasteiger partial charge in [0, 0.05) is 18.1 Å². The van der Waals surface area contributed by atoms with Gasteiger partial charge in [0.05, 0.1) is 11.6 Å². The molecule has 116 valence electrons. The number of methoxy groups -OCH3 is 1. The standard InChI is InChI=1S/C13H16BrClN2O3S/c1-20-13-11(14)2-10(15)3-12(13)21(18,19)17-6-8-4-16-5-9(8)7-17/h2-3,8-9,16H,4-7H2,1H3. The van der Waals surface area contributed by atoms with Crippen molar-refractivity contribution in [1.82, 2.24) is 9.62 Å². The van der Waals surface area contributed by atoms with Crippen LogP contribution in [-0.4, -0.2) is 46.0 Å². The molecule has 1 N–H and O–H groups in total. The molecule has 8 heteroatoms. The first kappa shape index (κ1) is 15.6. The van der Waals surface area contributed by atoms with Gasteiger partial charge < -0.3 is 10.1 Å². The topological polar surface area (TPSA) is 58.6 Å². The molecule has 0 saturated carbocycles. The zero-order chi connectivity index (χ0) is 15.2. The van der Waals surface area contributed by atoms with Crippen LogP contribution in [0.2, 0.25) is 5.02 Å². The molecule has 2 saturated heterocycles. The van der Waals surface area contributed by atoms with E-state index in [1.807, 2.05) is 0 Å². The van der Waals surface area contributed by atoms with Crippen LogP contribution in [0, 0.1) is 11.8 Å². The Labute approximate surface area is 137 Å². The average molecular weight is 396 g/mol. The average Bonchev–Trinajstić information content (AvgIpc) is 2.98. The molecule has 2 unspecified atom stereocenters. The number of ether oxygens (including phenoxy) is 1.